The second-order valence-electron chi connectivity index (χ2n) is 8.79. The van der Waals surface area contributed by atoms with Crippen LogP contribution >= 0.6 is 0 Å². The minimum Gasteiger partial charge on any atom is -0.478 e. The van der Waals surface area contributed by atoms with Gasteiger partial charge in [0, 0.05) is 33.1 Å². The molecule has 0 aliphatic carbocycles. The number of nitrogens with zero attached hydrogens (tertiary/aromatic N) is 2. The maximum absolute atomic E-state index is 13.7. The molecule has 0 atom stereocenters. The van der Waals surface area contributed by atoms with Crippen LogP contribution in [-0.4, -0.2) is 37.6 Å². The first-order valence-electron chi connectivity index (χ1n) is 10.5. The number of aliphatic hydroxyl groups excluding tert-OH is 1. The number of rotatable bonds is 5. The Bertz CT molecular complexity index is 1500. The Hall–Kier alpha value is -3.97. The third-order valence-corrected chi connectivity index (χ3v) is 6.07. The summed E-state index contributed by atoms with van der Waals surface area (Å²) in [5.74, 6) is -1.33. The fourth-order valence-corrected chi connectivity index (χ4v) is 4.37. The van der Waals surface area contributed by atoms with Gasteiger partial charge in [-0.15, -0.1) is 0 Å². The lowest BCUT2D eigenvalue weighted by Gasteiger charge is -2.27. The Kier molecular flexibility index (Phi) is 5.75. The number of aromatic nitrogens is 3. The summed E-state index contributed by atoms with van der Waals surface area (Å²) in [6, 6.07) is 17.0. The van der Waals surface area contributed by atoms with E-state index in [0.717, 1.165) is 44.3 Å². The number of carbonyl (C=O) groups is 1. The molecule has 3 N–H and O–H groups in total. The fraction of sp³-hybridized carbons (Fsp3) is 0.185. The van der Waals surface area contributed by atoms with E-state index in [1.54, 1.807) is 42.6 Å². The number of nitrogens with one attached hydrogen (secondary N) is 1. The summed E-state index contributed by atoms with van der Waals surface area (Å²) >= 11 is 0. The van der Waals surface area contributed by atoms with Gasteiger partial charge in [-0.2, -0.15) is 5.10 Å². The smallest absolute Gasteiger partial charge is 0.335 e. The molecular weight excluding hydrogens is 433 g/mol. The van der Waals surface area contributed by atoms with Crippen LogP contribution in [-0.2, 0) is 5.41 Å². The second kappa shape index (κ2) is 8.43. The quantitative estimate of drug-likeness (QED) is 0.304. The largest absolute Gasteiger partial charge is 0.478 e. The van der Waals surface area contributed by atoms with Crippen molar-refractivity contribution in [3.8, 4) is 16.8 Å². The van der Waals surface area contributed by atoms with Gasteiger partial charge in [-0.1, -0.05) is 33.4 Å². The lowest BCUT2D eigenvalue weighted by atomic mass is 9.84. The second-order valence-corrected chi connectivity index (χ2v) is 8.79. The average Bonchev–Trinajstić information content (AvgIpc) is 3.40. The number of halogens is 1. The van der Waals surface area contributed by atoms with Crippen LogP contribution in [0.2, 0.25) is 0 Å². The van der Waals surface area contributed by atoms with E-state index in [4.69, 9.17) is 0 Å². The summed E-state index contributed by atoms with van der Waals surface area (Å²) in [6.07, 6.45) is 1.75. The SMILES string of the molecule is C.CC(C)(CO)c1c(-c2ccc(C(=O)O)cc2)c2cc3[nH]ncc3cc2n1-c1ccc(F)cc1. The lowest BCUT2D eigenvalue weighted by Crippen LogP contribution is -2.26. The summed E-state index contributed by atoms with van der Waals surface area (Å²) in [6.45, 7) is 3.78. The predicted molar refractivity (Wildman–Crippen MR) is 132 cm³/mol. The van der Waals surface area contributed by atoms with Gasteiger partial charge in [-0.3, -0.25) is 5.10 Å². The summed E-state index contributed by atoms with van der Waals surface area (Å²) in [5.41, 5.74) is 4.56. The first kappa shape index (κ1) is 23.2. The van der Waals surface area contributed by atoms with Gasteiger partial charge in [0.15, 0.2) is 0 Å². The third kappa shape index (κ3) is 3.64. The van der Waals surface area contributed by atoms with Crippen LogP contribution in [0.3, 0.4) is 0 Å². The molecule has 7 heteroatoms. The molecule has 34 heavy (non-hydrogen) atoms. The number of fused-ring (bicyclic) bond motifs is 2. The molecule has 0 amide bonds. The number of carboxylic acid groups (broad SMARTS) is 1. The lowest BCUT2D eigenvalue weighted by molar-refractivity contribution is 0.0697. The van der Waals surface area contributed by atoms with Crippen LogP contribution in [0.1, 0.15) is 37.3 Å². The van der Waals surface area contributed by atoms with Crippen LogP contribution in [0.25, 0.3) is 38.6 Å². The summed E-state index contributed by atoms with van der Waals surface area (Å²) in [5, 5.41) is 28.7. The van der Waals surface area contributed by atoms with E-state index in [1.807, 2.05) is 30.5 Å². The van der Waals surface area contributed by atoms with Crippen LogP contribution in [0, 0.1) is 5.82 Å². The summed E-state index contributed by atoms with van der Waals surface area (Å²) < 4.78 is 15.8. The number of hydrogen-bond donors (Lipinski definition) is 3. The Morgan fingerprint density at radius 1 is 1.09 bits per heavy atom. The third-order valence-electron chi connectivity index (χ3n) is 6.07. The molecule has 0 aliphatic rings. The van der Waals surface area contributed by atoms with Gasteiger partial charge in [0.25, 0.3) is 0 Å². The molecule has 0 spiro atoms. The molecule has 3 aromatic carbocycles. The topological polar surface area (TPSA) is 91.1 Å². The Morgan fingerprint density at radius 3 is 2.38 bits per heavy atom. The number of aromatic carboxylic acids is 1. The summed E-state index contributed by atoms with van der Waals surface area (Å²) in [4.78, 5) is 11.4. The maximum Gasteiger partial charge on any atom is 0.335 e. The van der Waals surface area contributed by atoms with E-state index in [1.165, 1.54) is 12.1 Å². The maximum atomic E-state index is 13.7. The van der Waals surface area contributed by atoms with Crippen molar-refractivity contribution >= 4 is 27.8 Å². The monoisotopic (exact) mass is 459 g/mol. The zero-order valence-electron chi connectivity index (χ0n) is 18.1. The molecule has 2 aromatic heterocycles. The predicted octanol–water partition coefficient (Wildman–Crippen LogP) is 5.92. The van der Waals surface area contributed by atoms with E-state index >= 15 is 0 Å². The van der Waals surface area contributed by atoms with Gasteiger partial charge in [0.2, 0.25) is 0 Å². The zero-order chi connectivity index (χ0) is 23.3. The fourth-order valence-electron chi connectivity index (χ4n) is 4.37. The number of carboxylic acids is 1. The highest BCUT2D eigenvalue weighted by atomic mass is 19.1. The van der Waals surface area contributed by atoms with Crippen molar-refractivity contribution in [3.63, 3.8) is 0 Å². The summed E-state index contributed by atoms with van der Waals surface area (Å²) in [7, 11) is 0. The van der Waals surface area contributed by atoms with Gasteiger partial charge in [-0.25, -0.2) is 9.18 Å². The molecule has 0 fully saturated rings. The highest BCUT2D eigenvalue weighted by Gasteiger charge is 2.31. The molecular formula is C27H26FN3O3. The molecule has 5 rings (SSSR count). The number of aliphatic hydroxyl groups is 1. The van der Waals surface area contributed by atoms with Crippen molar-refractivity contribution in [3.05, 3.63) is 83.9 Å². The molecule has 6 nitrogen and oxygen atoms in total. The molecule has 0 unspecified atom stereocenters. The molecule has 0 aliphatic heterocycles. The minimum absolute atomic E-state index is 0. The van der Waals surface area contributed by atoms with Crippen LogP contribution < -0.4 is 0 Å². The van der Waals surface area contributed by atoms with E-state index in [0.29, 0.717) is 0 Å². The molecule has 0 radical (unpaired) electrons. The molecule has 5 aromatic rings. The van der Waals surface area contributed by atoms with Crippen molar-refractivity contribution in [1.82, 2.24) is 14.8 Å². The Balaban J connectivity index is 0.00000274. The van der Waals surface area contributed by atoms with Crippen LogP contribution in [0.5, 0.6) is 0 Å². The van der Waals surface area contributed by atoms with E-state index < -0.39 is 11.4 Å². The van der Waals surface area contributed by atoms with Crippen LogP contribution in [0.4, 0.5) is 4.39 Å². The van der Waals surface area contributed by atoms with Gasteiger partial charge in [0.05, 0.1) is 29.4 Å². The van der Waals surface area contributed by atoms with Crippen molar-refractivity contribution in [2.45, 2.75) is 26.7 Å². The Morgan fingerprint density at radius 2 is 1.76 bits per heavy atom. The minimum atomic E-state index is -0.995. The van der Waals surface area contributed by atoms with Crippen molar-refractivity contribution in [2.24, 2.45) is 0 Å². The molecule has 0 saturated heterocycles. The van der Waals surface area contributed by atoms with Crippen molar-refractivity contribution < 1.29 is 19.4 Å². The van der Waals surface area contributed by atoms with E-state index in [9.17, 15) is 19.4 Å². The zero-order valence-corrected chi connectivity index (χ0v) is 18.1. The van der Waals surface area contributed by atoms with Crippen LogP contribution in [0.15, 0.2) is 66.9 Å². The first-order chi connectivity index (χ1) is 15.8. The van der Waals surface area contributed by atoms with Gasteiger partial charge in [0.1, 0.15) is 5.82 Å². The first-order valence-corrected chi connectivity index (χ1v) is 10.5. The van der Waals surface area contributed by atoms with Crippen molar-refractivity contribution in [1.29, 1.82) is 0 Å². The van der Waals surface area contributed by atoms with Gasteiger partial charge in [-0.05, 0) is 54.1 Å². The number of hydrogen-bond acceptors (Lipinski definition) is 3. The molecule has 0 saturated carbocycles. The van der Waals surface area contributed by atoms with E-state index in [-0.39, 0.29) is 25.4 Å². The standard InChI is InChI=1S/C26H22FN3O3.CH4/c1-26(2,14-31)24-23(15-3-5-16(6-4-15)25(32)33)20-12-21-17(13-28-29-21)11-22(20)30(24)19-9-7-18(27)8-10-19;/h3-13,31H,14H2,1-2H3,(H,28,29)(H,32,33);1H4. The number of aromatic amines is 1. The normalized spacial score (nSPS) is 11.6. The highest BCUT2D eigenvalue weighted by molar-refractivity contribution is 6.06. The highest BCUT2D eigenvalue weighted by Crippen LogP contribution is 2.43. The molecule has 174 valence electrons. The number of H-pyrrole nitrogens is 1. The number of benzene rings is 3. The van der Waals surface area contributed by atoms with Gasteiger partial charge >= 0.3 is 5.97 Å². The molecule has 2 heterocycles. The average molecular weight is 460 g/mol. The van der Waals surface area contributed by atoms with Gasteiger partial charge < -0.3 is 14.8 Å². The van der Waals surface area contributed by atoms with E-state index in [2.05, 4.69) is 10.2 Å². The Labute approximate surface area is 196 Å². The van der Waals surface area contributed by atoms with Crippen molar-refractivity contribution in [2.75, 3.05) is 6.61 Å². The molecule has 0 bridgehead atoms.